The first kappa shape index (κ1) is 13.3. The van der Waals surface area contributed by atoms with Gasteiger partial charge in [0.15, 0.2) is 0 Å². The van der Waals surface area contributed by atoms with Gasteiger partial charge in [0.1, 0.15) is 0 Å². The molecule has 1 saturated heterocycles. The molecule has 0 atom stereocenters. The SMILES string of the molecule is CC(C)C1(O)CN(Cc2ccc(-n3ccnc3)cc2)C1. The van der Waals surface area contributed by atoms with Gasteiger partial charge in [-0.3, -0.25) is 4.90 Å². The van der Waals surface area contributed by atoms with Crippen molar-refractivity contribution >= 4 is 0 Å². The standard InChI is InChI=1S/C16H21N3O/c1-13(2)16(20)10-18(11-16)9-14-3-5-15(6-4-14)19-8-7-17-12-19/h3-8,12-13,20H,9-11H2,1-2H3. The fraction of sp³-hybridized carbons (Fsp3) is 0.438. The quantitative estimate of drug-likeness (QED) is 0.925. The molecule has 0 aliphatic carbocycles. The maximum atomic E-state index is 10.3. The van der Waals surface area contributed by atoms with Crippen molar-refractivity contribution in [2.75, 3.05) is 13.1 Å². The van der Waals surface area contributed by atoms with Crippen molar-refractivity contribution in [1.82, 2.24) is 14.5 Å². The number of β-amino-alcohol motifs (C(OH)–C–C–N with tert-alkyl or cyclic N) is 1. The van der Waals surface area contributed by atoms with E-state index in [0.29, 0.717) is 5.92 Å². The van der Waals surface area contributed by atoms with Crippen LogP contribution in [0.1, 0.15) is 19.4 Å². The highest BCUT2D eigenvalue weighted by Crippen LogP contribution is 2.29. The maximum Gasteiger partial charge on any atom is 0.0991 e. The van der Waals surface area contributed by atoms with Crippen molar-refractivity contribution in [3.05, 3.63) is 48.5 Å². The van der Waals surface area contributed by atoms with Gasteiger partial charge < -0.3 is 9.67 Å². The first-order valence-electron chi connectivity index (χ1n) is 7.09. The molecule has 0 bridgehead atoms. The van der Waals surface area contributed by atoms with E-state index in [1.165, 1.54) is 5.56 Å². The molecule has 20 heavy (non-hydrogen) atoms. The van der Waals surface area contributed by atoms with E-state index in [2.05, 4.69) is 48.0 Å². The summed E-state index contributed by atoms with van der Waals surface area (Å²) in [6, 6.07) is 8.49. The second kappa shape index (κ2) is 5.04. The van der Waals surface area contributed by atoms with E-state index < -0.39 is 5.60 Å². The molecule has 1 aliphatic rings. The Labute approximate surface area is 119 Å². The van der Waals surface area contributed by atoms with Crippen LogP contribution in [0, 0.1) is 5.92 Å². The Balaban J connectivity index is 1.60. The number of nitrogens with zero attached hydrogens (tertiary/aromatic N) is 3. The van der Waals surface area contributed by atoms with Crippen molar-refractivity contribution < 1.29 is 5.11 Å². The van der Waals surface area contributed by atoms with Crippen molar-refractivity contribution in [2.24, 2.45) is 5.92 Å². The molecule has 1 aliphatic heterocycles. The molecular formula is C16H21N3O. The number of benzene rings is 1. The van der Waals surface area contributed by atoms with Gasteiger partial charge in [0.2, 0.25) is 0 Å². The maximum absolute atomic E-state index is 10.3. The van der Waals surface area contributed by atoms with Crippen LogP contribution in [-0.4, -0.2) is 38.2 Å². The van der Waals surface area contributed by atoms with E-state index >= 15 is 0 Å². The van der Waals surface area contributed by atoms with Crippen LogP contribution in [0.4, 0.5) is 0 Å². The lowest BCUT2D eigenvalue weighted by Gasteiger charge is -2.49. The lowest BCUT2D eigenvalue weighted by Crippen LogP contribution is -2.63. The van der Waals surface area contributed by atoms with E-state index in [-0.39, 0.29) is 0 Å². The molecule has 0 amide bonds. The van der Waals surface area contributed by atoms with Gasteiger partial charge in [0, 0.05) is 37.7 Å². The fourth-order valence-electron chi connectivity index (χ4n) is 2.65. The number of imidazole rings is 1. The van der Waals surface area contributed by atoms with Crippen LogP contribution in [0.15, 0.2) is 43.0 Å². The first-order valence-corrected chi connectivity index (χ1v) is 7.09. The second-order valence-electron chi connectivity index (χ2n) is 6.04. The van der Waals surface area contributed by atoms with E-state index in [1.54, 1.807) is 12.5 Å². The fourth-order valence-corrected chi connectivity index (χ4v) is 2.65. The molecule has 4 heteroatoms. The Kier molecular flexibility index (Phi) is 3.36. The summed E-state index contributed by atoms with van der Waals surface area (Å²) < 4.78 is 1.99. The van der Waals surface area contributed by atoms with Crippen molar-refractivity contribution in [3.8, 4) is 5.69 Å². The third-order valence-corrected chi connectivity index (χ3v) is 4.21. The minimum absolute atomic E-state index is 0.322. The summed E-state index contributed by atoms with van der Waals surface area (Å²) in [5.41, 5.74) is 1.91. The van der Waals surface area contributed by atoms with Crippen LogP contribution < -0.4 is 0 Å². The third kappa shape index (κ3) is 2.49. The molecule has 1 aromatic heterocycles. The lowest BCUT2D eigenvalue weighted by atomic mass is 9.83. The van der Waals surface area contributed by atoms with Crippen molar-refractivity contribution in [1.29, 1.82) is 0 Å². The number of hydrogen-bond donors (Lipinski definition) is 1. The van der Waals surface area contributed by atoms with Gasteiger partial charge in [-0.05, 0) is 23.6 Å². The van der Waals surface area contributed by atoms with E-state index in [4.69, 9.17) is 0 Å². The lowest BCUT2D eigenvalue weighted by molar-refractivity contribution is -0.130. The van der Waals surface area contributed by atoms with Crippen LogP contribution in [0.5, 0.6) is 0 Å². The average Bonchev–Trinajstić information content (AvgIpc) is 2.91. The van der Waals surface area contributed by atoms with Crippen molar-refractivity contribution in [3.63, 3.8) is 0 Å². The third-order valence-electron chi connectivity index (χ3n) is 4.21. The molecule has 0 spiro atoms. The summed E-state index contributed by atoms with van der Waals surface area (Å²) in [6.07, 6.45) is 5.51. The molecule has 2 heterocycles. The predicted molar refractivity (Wildman–Crippen MR) is 78.6 cm³/mol. The second-order valence-corrected chi connectivity index (χ2v) is 6.04. The molecule has 2 aromatic rings. The molecule has 0 saturated carbocycles. The number of hydrogen-bond acceptors (Lipinski definition) is 3. The zero-order valence-electron chi connectivity index (χ0n) is 12.0. The number of aliphatic hydroxyl groups is 1. The van der Waals surface area contributed by atoms with Gasteiger partial charge in [-0.1, -0.05) is 26.0 Å². The normalized spacial score (nSPS) is 18.2. The van der Waals surface area contributed by atoms with Crippen LogP contribution >= 0.6 is 0 Å². The smallest absolute Gasteiger partial charge is 0.0991 e. The molecular weight excluding hydrogens is 250 g/mol. The number of aromatic nitrogens is 2. The van der Waals surface area contributed by atoms with Crippen LogP contribution in [0.3, 0.4) is 0 Å². The highest BCUT2D eigenvalue weighted by Gasteiger charge is 2.43. The summed E-state index contributed by atoms with van der Waals surface area (Å²) in [4.78, 5) is 6.34. The first-order chi connectivity index (χ1) is 9.57. The van der Waals surface area contributed by atoms with Crippen LogP contribution in [0.25, 0.3) is 5.69 Å². The number of rotatable bonds is 4. The predicted octanol–water partition coefficient (Wildman–Crippen LogP) is 2.08. The highest BCUT2D eigenvalue weighted by atomic mass is 16.3. The summed E-state index contributed by atoms with van der Waals surface area (Å²) in [6.45, 7) is 6.61. The van der Waals surface area contributed by atoms with E-state index in [1.807, 2.05) is 10.8 Å². The molecule has 1 fully saturated rings. The largest absolute Gasteiger partial charge is 0.387 e. The van der Waals surface area contributed by atoms with Crippen LogP contribution in [0.2, 0.25) is 0 Å². The Morgan fingerprint density at radius 3 is 2.50 bits per heavy atom. The molecule has 3 rings (SSSR count). The summed E-state index contributed by atoms with van der Waals surface area (Å²) >= 11 is 0. The minimum Gasteiger partial charge on any atom is -0.387 e. The Morgan fingerprint density at radius 1 is 1.25 bits per heavy atom. The summed E-state index contributed by atoms with van der Waals surface area (Å²) in [5.74, 6) is 0.322. The van der Waals surface area contributed by atoms with E-state index in [9.17, 15) is 5.11 Å². The van der Waals surface area contributed by atoms with Crippen molar-refractivity contribution in [2.45, 2.75) is 26.0 Å². The zero-order valence-corrected chi connectivity index (χ0v) is 12.0. The Bertz CT molecular complexity index is 554. The molecule has 1 aromatic carbocycles. The van der Waals surface area contributed by atoms with Gasteiger partial charge in [0.25, 0.3) is 0 Å². The Hall–Kier alpha value is -1.65. The molecule has 4 nitrogen and oxygen atoms in total. The van der Waals surface area contributed by atoms with Gasteiger partial charge in [0.05, 0.1) is 11.9 Å². The highest BCUT2D eigenvalue weighted by molar-refractivity contribution is 5.34. The summed E-state index contributed by atoms with van der Waals surface area (Å²) in [5, 5.41) is 10.3. The zero-order chi connectivity index (χ0) is 14.2. The number of likely N-dealkylation sites (tertiary alicyclic amines) is 1. The molecule has 106 valence electrons. The minimum atomic E-state index is -0.489. The topological polar surface area (TPSA) is 41.3 Å². The molecule has 0 radical (unpaired) electrons. The van der Waals surface area contributed by atoms with Gasteiger partial charge in [-0.15, -0.1) is 0 Å². The van der Waals surface area contributed by atoms with Crippen LogP contribution in [-0.2, 0) is 6.54 Å². The monoisotopic (exact) mass is 271 g/mol. The average molecular weight is 271 g/mol. The Morgan fingerprint density at radius 2 is 1.95 bits per heavy atom. The van der Waals surface area contributed by atoms with E-state index in [0.717, 1.165) is 25.3 Å². The van der Waals surface area contributed by atoms with Gasteiger partial charge in [-0.25, -0.2) is 4.98 Å². The van der Waals surface area contributed by atoms with Gasteiger partial charge >= 0.3 is 0 Å². The molecule has 0 unspecified atom stereocenters. The van der Waals surface area contributed by atoms with Gasteiger partial charge in [-0.2, -0.15) is 0 Å². The summed E-state index contributed by atoms with van der Waals surface area (Å²) in [7, 11) is 0. The molecule has 1 N–H and O–H groups in total.